The summed E-state index contributed by atoms with van der Waals surface area (Å²) in [7, 11) is 0. The maximum Gasteiger partial charge on any atom is 0.122 e. The van der Waals surface area contributed by atoms with Gasteiger partial charge in [0.25, 0.3) is 0 Å². The fourth-order valence-electron chi connectivity index (χ4n) is 1.95. The molecule has 1 heterocycles. The molecule has 0 aliphatic heterocycles. The fraction of sp³-hybridized carbons (Fsp3) is 0.286. The van der Waals surface area contributed by atoms with Crippen LogP contribution < -0.4 is 0 Å². The molecule has 0 bridgehead atoms. The molecule has 4 nitrogen and oxygen atoms in total. The van der Waals surface area contributed by atoms with Crippen LogP contribution in [-0.4, -0.2) is 14.9 Å². The van der Waals surface area contributed by atoms with Crippen LogP contribution in [0.25, 0.3) is 0 Å². The Labute approximate surface area is 116 Å². The van der Waals surface area contributed by atoms with Crippen LogP contribution in [0.4, 0.5) is 0 Å². The van der Waals surface area contributed by atoms with Crippen LogP contribution in [-0.2, 0) is 0 Å². The molecule has 2 rings (SSSR count). The first-order valence-corrected chi connectivity index (χ1v) is 6.33. The molecule has 0 aliphatic carbocycles. The maximum absolute atomic E-state index is 10.5. The molecule has 0 saturated carbocycles. The summed E-state index contributed by atoms with van der Waals surface area (Å²) in [5, 5.41) is 23.9. The van der Waals surface area contributed by atoms with E-state index in [1.54, 1.807) is 28.9 Å². The van der Waals surface area contributed by atoms with Gasteiger partial charge in [-0.2, -0.15) is 10.4 Å². The molecular formula is C14H14ClN3O. The molecule has 5 heteroatoms. The first kappa shape index (κ1) is 13.6. The number of aromatic nitrogens is 2. The van der Waals surface area contributed by atoms with Crippen molar-refractivity contribution >= 4 is 11.6 Å². The molecule has 1 aromatic heterocycles. The molecule has 0 aliphatic rings. The summed E-state index contributed by atoms with van der Waals surface area (Å²) in [6.45, 7) is 3.93. The molecule has 2 aromatic rings. The van der Waals surface area contributed by atoms with Gasteiger partial charge in [-0.05, 0) is 31.5 Å². The average Bonchev–Trinajstić information content (AvgIpc) is 2.80. The summed E-state index contributed by atoms with van der Waals surface area (Å²) in [5.41, 5.74) is 1.68. The number of hydrogen-bond acceptors (Lipinski definition) is 3. The largest absolute Gasteiger partial charge is 0.382 e. The Balaban J connectivity index is 2.47. The number of hydrogen-bond donors (Lipinski definition) is 1. The normalized spacial score (nSPS) is 12.4. The number of rotatable bonds is 3. The van der Waals surface area contributed by atoms with Gasteiger partial charge in [0.05, 0.1) is 28.5 Å². The summed E-state index contributed by atoms with van der Waals surface area (Å²) in [6.07, 6.45) is 0.625. The van der Waals surface area contributed by atoms with E-state index < -0.39 is 6.10 Å². The highest BCUT2D eigenvalue weighted by atomic mass is 35.5. The van der Waals surface area contributed by atoms with Gasteiger partial charge < -0.3 is 5.11 Å². The van der Waals surface area contributed by atoms with Crippen molar-refractivity contribution in [3.05, 3.63) is 52.3 Å². The van der Waals surface area contributed by atoms with Crippen molar-refractivity contribution in [1.29, 1.82) is 5.26 Å². The monoisotopic (exact) mass is 275 g/mol. The van der Waals surface area contributed by atoms with Gasteiger partial charge in [-0.25, -0.2) is 0 Å². The van der Waals surface area contributed by atoms with Gasteiger partial charge in [0, 0.05) is 6.04 Å². The van der Waals surface area contributed by atoms with Crippen LogP contribution in [0.3, 0.4) is 0 Å². The molecule has 1 N–H and O–H groups in total. The van der Waals surface area contributed by atoms with Crippen molar-refractivity contribution in [3.63, 3.8) is 0 Å². The van der Waals surface area contributed by atoms with Crippen molar-refractivity contribution in [2.75, 3.05) is 0 Å². The number of aliphatic hydroxyl groups excluding tert-OH is 1. The van der Waals surface area contributed by atoms with E-state index in [2.05, 4.69) is 11.2 Å². The van der Waals surface area contributed by atoms with Gasteiger partial charge in [-0.3, -0.25) is 4.68 Å². The highest BCUT2D eigenvalue weighted by molar-refractivity contribution is 6.31. The number of nitrogens with zero attached hydrogens (tertiary/aromatic N) is 3. The molecule has 98 valence electrons. The van der Waals surface area contributed by atoms with Gasteiger partial charge in [0.1, 0.15) is 6.10 Å². The van der Waals surface area contributed by atoms with Crippen LogP contribution in [0.5, 0.6) is 0 Å². The second-order valence-electron chi connectivity index (χ2n) is 4.56. The topological polar surface area (TPSA) is 61.8 Å². The van der Waals surface area contributed by atoms with Crippen LogP contribution in [0.2, 0.25) is 5.02 Å². The molecule has 0 fully saturated rings. The van der Waals surface area contributed by atoms with Crippen molar-refractivity contribution in [3.8, 4) is 6.07 Å². The third-order valence-electron chi connectivity index (χ3n) is 2.87. The summed E-state index contributed by atoms with van der Waals surface area (Å²) in [5.74, 6) is 0. The predicted octanol–water partition coefficient (Wildman–Crippen LogP) is 3.07. The average molecular weight is 276 g/mol. The lowest BCUT2D eigenvalue weighted by Gasteiger charge is -2.17. The lowest BCUT2D eigenvalue weighted by molar-refractivity contribution is 0.205. The Kier molecular flexibility index (Phi) is 3.89. The smallest absolute Gasteiger partial charge is 0.122 e. The Bertz CT molecular complexity index is 628. The summed E-state index contributed by atoms with van der Waals surface area (Å²) in [6, 6.07) is 8.99. The molecule has 0 radical (unpaired) electrons. The van der Waals surface area contributed by atoms with E-state index in [1.165, 1.54) is 6.20 Å². The van der Waals surface area contributed by atoms with E-state index in [0.717, 1.165) is 0 Å². The van der Waals surface area contributed by atoms with Crippen LogP contribution in [0, 0.1) is 11.3 Å². The van der Waals surface area contributed by atoms with Gasteiger partial charge in [0.15, 0.2) is 0 Å². The van der Waals surface area contributed by atoms with Crippen molar-refractivity contribution < 1.29 is 5.11 Å². The fourth-order valence-corrected chi connectivity index (χ4v) is 2.19. The zero-order chi connectivity index (χ0) is 14.0. The summed E-state index contributed by atoms with van der Waals surface area (Å²) >= 11 is 6.10. The van der Waals surface area contributed by atoms with E-state index in [4.69, 9.17) is 16.9 Å². The Morgan fingerprint density at radius 2 is 2.16 bits per heavy atom. The Morgan fingerprint density at radius 3 is 2.79 bits per heavy atom. The minimum Gasteiger partial charge on any atom is -0.382 e. The minimum absolute atomic E-state index is 0.0938. The van der Waals surface area contributed by atoms with Crippen molar-refractivity contribution in [1.82, 2.24) is 9.78 Å². The summed E-state index contributed by atoms with van der Waals surface area (Å²) < 4.78 is 1.69. The van der Waals surface area contributed by atoms with Crippen molar-refractivity contribution in [2.24, 2.45) is 0 Å². The van der Waals surface area contributed by atoms with E-state index in [0.29, 0.717) is 21.8 Å². The van der Waals surface area contributed by atoms with Crippen LogP contribution in [0.15, 0.2) is 30.5 Å². The molecule has 0 spiro atoms. The second-order valence-corrected chi connectivity index (χ2v) is 4.96. The van der Waals surface area contributed by atoms with Crippen LogP contribution in [0.1, 0.15) is 42.8 Å². The summed E-state index contributed by atoms with van der Waals surface area (Å²) in [4.78, 5) is 0. The lowest BCUT2D eigenvalue weighted by atomic mass is 10.0. The SMILES string of the molecule is CC(C)n1ncc(Cl)c1C(O)c1cccc(C#N)c1. The van der Waals surface area contributed by atoms with E-state index in [9.17, 15) is 5.11 Å². The van der Waals surface area contributed by atoms with Crippen molar-refractivity contribution in [2.45, 2.75) is 26.0 Å². The minimum atomic E-state index is -0.898. The molecule has 1 unspecified atom stereocenters. The number of benzene rings is 1. The zero-order valence-corrected chi connectivity index (χ0v) is 11.5. The number of nitriles is 1. The second kappa shape index (κ2) is 5.43. The third kappa shape index (κ3) is 2.62. The standard InChI is InChI=1S/C14H14ClN3O/c1-9(2)18-13(12(15)8-17-18)14(19)11-5-3-4-10(6-11)7-16/h3-6,8-9,14,19H,1-2H3. The quantitative estimate of drug-likeness (QED) is 0.936. The third-order valence-corrected chi connectivity index (χ3v) is 3.16. The Morgan fingerprint density at radius 1 is 1.42 bits per heavy atom. The number of halogens is 1. The first-order chi connectivity index (χ1) is 9.04. The van der Waals surface area contributed by atoms with E-state index in [-0.39, 0.29) is 6.04 Å². The highest BCUT2D eigenvalue weighted by Gasteiger charge is 2.21. The molecule has 0 saturated heterocycles. The van der Waals surface area contributed by atoms with Gasteiger partial charge in [-0.1, -0.05) is 23.7 Å². The maximum atomic E-state index is 10.5. The first-order valence-electron chi connectivity index (χ1n) is 5.95. The van der Waals surface area contributed by atoms with Gasteiger partial charge in [-0.15, -0.1) is 0 Å². The lowest BCUT2D eigenvalue weighted by Crippen LogP contribution is -2.12. The zero-order valence-electron chi connectivity index (χ0n) is 10.7. The molecule has 1 atom stereocenters. The Hall–Kier alpha value is -1.83. The van der Waals surface area contributed by atoms with Crippen LogP contribution >= 0.6 is 11.6 Å². The predicted molar refractivity (Wildman–Crippen MR) is 72.8 cm³/mol. The van der Waals surface area contributed by atoms with E-state index in [1.807, 2.05) is 13.8 Å². The molecular weight excluding hydrogens is 262 g/mol. The van der Waals surface area contributed by atoms with Gasteiger partial charge in [0.2, 0.25) is 0 Å². The molecule has 1 aromatic carbocycles. The molecule has 0 amide bonds. The van der Waals surface area contributed by atoms with Gasteiger partial charge >= 0.3 is 0 Å². The number of aliphatic hydroxyl groups is 1. The van der Waals surface area contributed by atoms with E-state index >= 15 is 0 Å². The highest BCUT2D eigenvalue weighted by Crippen LogP contribution is 2.30. The molecule has 19 heavy (non-hydrogen) atoms.